The van der Waals surface area contributed by atoms with Gasteiger partial charge in [-0.05, 0) is 38.2 Å². The molecular weight excluding hydrogens is 300 g/mol. The Morgan fingerprint density at radius 1 is 1.41 bits per heavy atom. The fourth-order valence-electron chi connectivity index (χ4n) is 2.62. The molecule has 1 aliphatic rings. The Bertz CT molecular complexity index is 680. The lowest BCUT2D eigenvalue weighted by atomic mass is 10.1. The monoisotopic (exact) mass is 318 g/mol. The van der Waals surface area contributed by atoms with E-state index in [2.05, 4.69) is 15.3 Å². The summed E-state index contributed by atoms with van der Waals surface area (Å²) in [5, 5.41) is 3.70. The van der Waals surface area contributed by atoms with E-state index in [4.69, 9.17) is 11.6 Å². The molecule has 0 saturated heterocycles. The highest BCUT2D eigenvalue weighted by Gasteiger charge is 2.26. The van der Waals surface area contributed by atoms with E-state index < -0.39 is 0 Å². The fraction of sp³-hybridized carbons (Fsp3) is 0.375. The summed E-state index contributed by atoms with van der Waals surface area (Å²) in [6, 6.07) is 7.42. The van der Waals surface area contributed by atoms with Crippen molar-refractivity contribution in [2.24, 2.45) is 0 Å². The Morgan fingerprint density at radius 2 is 2.14 bits per heavy atom. The second-order valence-electron chi connectivity index (χ2n) is 5.54. The maximum Gasteiger partial charge on any atom is 0.239 e. The minimum atomic E-state index is -0.166. The average Bonchev–Trinajstić information content (AvgIpc) is 2.97. The predicted molar refractivity (Wildman–Crippen MR) is 86.7 cm³/mol. The lowest BCUT2D eigenvalue weighted by Gasteiger charge is -2.28. The van der Waals surface area contributed by atoms with E-state index in [0.29, 0.717) is 18.1 Å². The lowest BCUT2D eigenvalue weighted by molar-refractivity contribution is -0.133. The van der Waals surface area contributed by atoms with Gasteiger partial charge in [0.25, 0.3) is 0 Å². The van der Waals surface area contributed by atoms with Gasteiger partial charge in [0.15, 0.2) is 0 Å². The minimum Gasteiger partial charge on any atom is -0.340 e. The summed E-state index contributed by atoms with van der Waals surface area (Å²) in [5.74, 6) is 0.952. The standard InChI is InChI=1S/C16H19ClN4O/c1-10(18-2)16(22)21-8-7-13-14(9-21)20-15(19-13)11-3-5-12(17)6-4-11/h3-6,10,18H,7-9H2,1-2H3,(H,19,20). The fourth-order valence-corrected chi connectivity index (χ4v) is 2.75. The highest BCUT2D eigenvalue weighted by atomic mass is 35.5. The zero-order chi connectivity index (χ0) is 15.7. The van der Waals surface area contributed by atoms with Crippen LogP contribution < -0.4 is 5.32 Å². The predicted octanol–water partition coefficient (Wildman–Crippen LogP) is 2.22. The van der Waals surface area contributed by atoms with Gasteiger partial charge in [0.2, 0.25) is 5.91 Å². The van der Waals surface area contributed by atoms with Crippen LogP contribution in [0.2, 0.25) is 5.02 Å². The third kappa shape index (κ3) is 2.87. The second-order valence-corrected chi connectivity index (χ2v) is 5.97. The molecule has 2 heterocycles. The molecule has 0 aliphatic carbocycles. The Hall–Kier alpha value is -1.85. The molecule has 0 radical (unpaired) electrons. The van der Waals surface area contributed by atoms with Crippen LogP contribution in [0.25, 0.3) is 11.4 Å². The molecular formula is C16H19ClN4O. The normalized spacial score (nSPS) is 15.5. The number of nitrogens with one attached hydrogen (secondary N) is 2. The number of aromatic amines is 1. The highest BCUT2D eigenvalue weighted by molar-refractivity contribution is 6.30. The van der Waals surface area contributed by atoms with Crippen LogP contribution in [0.3, 0.4) is 0 Å². The molecule has 1 aliphatic heterocycles. The van der Waals surface area contributed by atoms with Gasteiger partial charge in [0.1, 0.15) is 5.82 Å². The number of hydrogen-bond donors (Lipinski definition) is 2. The summed E-state index contributed by atoms with van der Waals surface area (Å²) in [4.78, 5) is 22.1. The van der Waals surface area contributed by atoms with Crippen LogP contribution >= 0.6 is 11.6 Å². The van der Waals surface area contributed by atoms with Crippen molar-refractivity contribution >= 4 is 17.5 Å². The molecule has 1 aromatic heterocycles. The molecule has 0 bridgehead atoms. The molecule has 3 rings (SSSR count). The molecule has 22 heavy (non-hydrogen) atoms. The van der Waals surface area contributed by atoms with Crippen molar-refractivity contribution in [1.82, 2.24) is 20.2 Å². The number of carbonyl (C=O) groups excluding carboxylic acids is 1. The number of halogens is 1. The molecule has 116 valence electrons. The van der Waals surface area contributed by atoms with Crippen molar-refractivity contribution in [3.63, 3.8) is 0 Å². The maximum absolute atomic E-state index is 12.3. The summed E-state index contributed by atoms with van der Waals surface area (Å²) in [7, 11) is 1.80. The average molecular weight is 319 g/mol. The molecule has 6 heteroatoms. The van der Waals surface area contributed by atoms with Gasteiger partial charge in [-0.3, -0.25) is 4.79 Å². The number of amides is 1. The number of imidazole rings is 1. The molecule has 1 unspecified atom stereocenters. The zero-order valence-electron chi connectivity index (χ0n) is 12.7. The van der Waals surface area contributed by atoms with Crippen molar-refractivity contribution in [3.05, 3.63) is 40.7 Å². The summed E-state index contributed by atoms with van der Waals surface area (Å²) in [6.45, 7) is 3.17. The van der Waals surface area contributed by atoms with Gasteiger partial charge < -0.3 is 15.2 Å². The van der Waals surface area contributed by atoms with Crippen LogP contribution in [-0.4, -0.2) is 40.4 Å². The van der Waals surface area contributed by atoms with Crippen molar-refractivity contribution in [1.29, 1.82) is 0 Å². The van der Waals surface area contributed by atoms with Crippen LogP contribution in [0, 0.1) is 0 Å². The van der Waals surface area contributed by atoms with E-state index >= 15 is 0 Å². The van der Waals surface area contributed by atoms with E-state index in [1.54, 1.807) is 7.05 Å². The number of hydrogen-bond acceptors (Lipinski definition) is 3. The number of benzene rings is 1. The van der Waals surface area contributed by atoms with Crippen LogP contribution in [0.15, 0.2) is 24.3 Å². The number of nitrogens with zero attached hydrogens (tertiary/aromatic N) is 2. The SMILES string of the molecule is CNC(C)C(=O)N1CCc2nc(-c3ccc(Cl)cc3)[nH]c2C1. The van der Waals surface area contributed by atoms with Gasteiger partial charge >= 0.3 is 0 Å². The first-order valence-electron chi connectivity index (χ1n) is 7.38. The molecule has 1 amide bonds. The Morgan fingerprint density at radius 3 is 2.82 bits per heavy atom. The highest BCUT2D eigenvalue weighted by Crippen LogP contribution is 2.24. The van der Waals surface area contributed by atoms with Crippen molar-refractivity contribution in [2.75, 3.05) is 13.6 Å². The molecule has 0 spiro atoms. The number of carbonyl (C=O) groups is 1. The van der Waals surface area contributed by atoms with Crippen molar-refractivity contribution < 1.29 is 4.79 Å². The lowest BCUT2D eigenvalue weighted by Crippen LogP contribution is -2.45. The second kappa shape index (κ2) is 6.10. The maximum atomic E-state index is 12.3. The topological polar surface area (TPSA) is 61.0 Å². The van der Waals surface area contributed by atoms with Crippen LogP contribution in [0.1, 0.15) is 18.3 Å². The smallest absolute Gasteiger partial charge is 0.239 e. The number of likely N-dealkylation sites (N-methyl/N-ethyl adjacent to an activating group) is 1. The number of fused-ring (bicyclic) bond motifs is 1. The zero-order valence-corrected chi connectivity index (χ0v) is 13.4. The number of rotatable bonds is 3. The Kier molecular flexibility index (Phi) is 4.18. The largest absolute Gasteiger partial charge is 0.340 e. The summed E-state index contributed by atoms with van der Waals surface area (Å²) >= 11 is 5.92. The van der Waals surface area contributed by atoms with E-state index in [1.165, 1.54) is 0 Å². The Labute approximate surface area is 134 Å². The van der Waals surface area contributed by atoms with E-state index in [-0.39, 0.29) is 11.9 Å². The first kappa shape index (κ1) is 15.1. The molecule has 2 aromatic rings. The van der Waals surface area contributed by atoms with Crippen LogP contribution in [-0.2, 0) is 17.8 Å². The van der Waals surface area contributed by atoms with E-state index in [9.17, 15) is 4.79 Å². The quantitative estimate of drug-likeness (QED) is 0.912. The number of H-pyrrole nitrogens is 1. The molecule has 0 saturated carbocycles. The van der Waals surface area contributed by atoms with Crippen molar-refractivity contribution in [2.45, 2.75) is 25.9 Å². The summed E-state index contributed by atoms with van der Waals surface area (Å²) < 4.78 is 0. The van der Waals surface area contributed by atoms with Gasteiger partial charge in [0, 0.05) is 23.6 Å². The first-order chi connectivity index (χ1) is 10.6. The van der Waals surface area contributed by atoms with Gasteiger partial charge in [-0.2, -0.15) is 0 Å². The first-order valence-corrected chi connectivity index (χ1v) is 7.76. The van der Waals surface area contributed by atoms with Gasteiger partial charge in [-0.1, -0.05) is 11.6 Å². The van der Waals surface area contributed by atoms with Gasteiger partial charge in [0.05, 0.1) is 24.0 Å². The molecule has 1 aromatic carbocycles. The molecule has 2 N–H and O–H groups in total. The van der Waals surface area contributed by atoms with E-state index in [0.717, 1.165) is 29.2 Å². The van der Waals surface area contributed by atoms with Gasteiger partial charge in [-0.25, -0.2) is 4.98 Å². The molecule has 0 fully saturated rings. The third-order valence-corrected chi connectivity index (χ3v) is 4.32. The minimum absolute atomic E-state index is 0.121. The van der Waals surface area contributed by atoms with Crippen LogP contribution in [0.4, 0.5) is 0 Å². The Balaban J connectivity index is 1.81. The van der Waals surface area contributed by atoms with Crippen LogP contribution in [0.5, 0.6) is 0 Å². The summed E-state index contributed by atoms with van der Waals surface area (Å²) in [6.07, 6.45) is 0.779. The molecule has 1 atom stereocenters. The van der Waals surface area contributed by atoms with Gasteiger partial charge in [-0.15, -0.1) is 0 Å². The van der Waals surface area contributed by atoms with E-state index in [1.807, 2.05) is 36.1 Å². The molecule has 5 nitrogen and oxygen atoms in total. The van der Waals surface area contributed by atoms with Crippen molar-refractivity contribution in [3.8, 4) is 11.4 Å². The summed E-state index contributed by atoms with van der Waals surface area (Å²) in [5.41, 5.74) is 3.07. The number of aromatic nitrogens is 2. The third-order valence-electron chi connectivity index (χ3n) is 4.06.